The molecule has 1 saturated heterocycles. The molecule has 0 radical (unpaired) electrons. The minimum atomic E-state index is -4.39. The van der Waals surface area contributed by atoms with Crippen LogP contribution in [-0.4, -0.2) is 73.0 Å². The molecule has 0 bridgehead atoms. The molecule has 8 nitrogen and oxygen atoms in total. The lowest BCUT2D eigenvalue weighted by atomic mass is 9.92. The molecule has 3 N–H and O–H groups in total. The van der Waals surface area contributed by atoms with E-state index in [1.54, 1.807) is 4.90 Å². The molecule has 3 aromatic carbocycles. The van der Waals surface area contributed by atoms with Gasteiger partial charge in [-0.1, -0.05) is 37.3 Å². The Kier molecular flexibility index (Phi) is 9.14. The monoisotopic (exact) mass is 606 g/mol. The van der Waals surface area contributed by atoms with Gasteiger partial charge in [-0.2, -0.15) is 13.2 Å². The molecule has 1 aliphatic rings. The summed E-state index contributed by atoms with van der Waals surface area (Å²) >= 11 is 0. The van der Waals surface area contributed by atoms with E-state index in [4.69, 9.17) is 0 Å². The molecule has 0 saturated carbocycles. The van der Waals surface area contributed by atoms with Gasteiger partial charge in [0.25, 0.3) is 0 Å². The molecule has 1 aromatic heterocycles. The van der Waals surface area contributed by atoms with E-state index in [0.29, 0.717) is 44.1 Å². The lowest BCUT2D eigenvalue weighted by Gasteiger charge is -2.37. The van der Waals surface area contributed by atoms with Crippen molar-refractivity contribution in [1.29, 1.82) is 0 Å². The van der Waals surface area contributed by atoms with Crippen molar-refractivity contribution in [3.63, 3.8) is 0 Å². The van der Waals surface area contributed by atoms with Crippen LogP contribution in [0.5, 0.6) is 0 Å². The zero-order chi connectivity index (χ0) is 31.4. The van der Waals surface area contributed by atoms with E-state index in [-0.39, 0.29) is 17.9 Å². The molecule has 0 aliphatic carbocycles. The van der Waals surface area contributed by atoms with Crippen LogP contribution in [0.1, 0.15) is 29.5 Å². The van der Waals surface area contributed by atoms with Crippen LogP contribution in [0.2, 0.25) is 0 Å². The Morgan fingerprint density at radius 3 is 2.34 bits per heavy atom. The van der Waals surface area contributed by atoms with Crippen LogP contribution in [0, 0.1) is 0 Å². The number of urea groups is 1. The van der Waals surface area contributed by atoms with Gasteiger partial charge in [0, 0.05) is 67.1 Å². The number of halogens is 3. The highest BCUT2D eigenvalue weighted by Gasteiger charge is 2.33. The van der Waals surface area contributed by atoms with E-state index in [1.165, 1.54) is 12.1 Å². The summed E-state index contributed by atoms with van der Waals surface area (Å²) in [5.41, 5.74) is 3.51. The maximum absolute atomic E-state index is 13.8. The largest absolute Gasteiger partial charge is 0.416 e. The maximum Gasteiger partial charge on any atom is 0.416 e. The summed E-state index contributed by atoms with van der Waals surface area (Å²) < 4.78 is 38.9. The van der Waals surface area contributed by atoms with Gasteiger partial charge in [-0.05, 0) is 67.7 Å². The van der Waals surface area contributed by atoms with Crippen LogP contribution < -0.4 is 15.5 Å². The Hall–Kier alpha value is -4.51. The molecule has 232 valence electrons. The van der Waals surface area contributed by atoms with Gasteiger partial charge in [0.05, 0.1) is 5.56 Å². The number of para-hydroxylation sites is 1. The first kappa shape index (κ1) is 30.9. The zero-order valence-electron chi connectivity index (χ0n) is 25.0. The average molecular weight is 607 g/mol. The van der Waals surface area contributed by atoms with E-state index in [1.807, 2.05) is 85.5 Å². The number of alkyl halides is 3. The van der Waals surface area contributed by atoms with Gasteiger partial charge in [0.2, 0.25) is 5.91 Å². The van der Waals surface area contributed by atoms with Crippen molar-refractivity contribution in [2.24, 2.45) is 0 Å². The fraction of sp³-hybridized carbons (Fsp3) is 0.333. The van der Waals surface area contributed by atoms with Gasteiger partial charge in [0.1, 0.15) is 6.04 Å². The molecule has 3 amide bonds. The average Bonchev–Trinajstić information content (AvgIpc) is 3.43. The fourth-order valence-corrected chi connectivity index (χ4v) is 5.65. The Morgan fingerprint density at radius 2 is 1.66 bits per heavy atom. The topological polar surface area (TPSA) is 83.7 Å². The standard InChI is InChI=1S/C33H37F3N6O2/c1-22(28-20-37-29-10-5-4-9-27(28)29)30(31(43)38-25-8-6-7-23(19-25)21-40(2)3)39-32(44)42-17-15-41(16-18-42)26-13-11-24(12-14-26)33(34,35)36/h4-14,19-20,22,30,37H,15-18,21H2,1-3H3,(H,38,43)(H,39,44)/t22-,30-/m1/s1. The predicted molar refractivity (Wildman–Crippen MR) is 167 cm³/mol. The van der Waals surface area contributed by atoms with Crippen LogP contribution >= 0.6 is 0 Å². The lowest BCUT2D eigenvalue weighted by Crippen LogP contribution is -2.56. The Balaban J connectivity index is 1.31. The van der Waals surface area contributed by atoms with Crippen LogP contribution in [-0.2, 0) is 17.5 Å². The molecule has 44 heavy (non-hydrogen) atoms. The van der Waals surface area contributed by atoms with Crippen molar-refractivity contribution < 1.29 is 22.8 Å². The Bertz CT molecular complexity index is 1590. The predicted octanol–water partition coefficient (Wildman–Crippen LogP) is 5.89. The SMILES string of the molecule is C[C@H](c1c[nH]c2ccccc12)[C@@H](NC(=O)N1CCN(c2ccc(C(F)(F)F)cc2)CC1)C(=O)Nc1cccc(CN(C)C)c1. The minimum Gasteiger partial charge on any atom is -0.368 e. The quantitative estimate of drug-likeness (QED) is 0.234. The first-order valence-corrected chi connectivity index (χ1v) is 14.6. The highest BCUT2D eigenvalue weighted by molar-refractivity contribution is 5.98. The van der Waals surface area contributed by atoms with E-state index in [2.05, 4.69) is 15.6 Å². The molecule has 2 atom stereocenters. The highest BCUT2D eigenvalue weighted by Crippen LogP contribution is 2.31. The number of anilines is 2. The molecule has 2 heterocycles. The molecule has 4 aromatic rings. The van der Waals surface area contributed by atoms with Crippen LogP contribution in [0.25, 0.3) is 10.9 Å². The number of nitrogens with one attached hydrogen (secondary N) is 3. The van der Waals surface area contributed by atoms with Crippen molar-refractivity contribution in [2.75, 3.05) is 50.5 Å². The van der Waals surface area contributed by atoms with E-state index < -0.39 is 17.8 Å². The molecule has 0 unspecified atom stereocenters. The fourth-order valence-electron chi connectivity index (χ4n) is 5.65. The van der Waals surface area contributed by atoms with Crippen molar-refractivity contribution in [2.45, 2.75) is 31.6 Å². The van der Waals surface area contributed by atoms with E-state index >= 15 is 0 Å². The molecular weight excluding hydrogens is 569 g/mol. The number of H-pyrrole nitrogens is 1. The number of carbonyl (C=O) groups is 2. The number of piperazine rings is 1. The van der Waals surface area contributed by atoms with Gasteiger partial charge >= 0.3 is 12.2 Å². The van der Waals surface area contributed by atoms with Gasteiger partial charge < -0.3 is 30.3 Å². The second-order valence-electron chi connectivity index (χ2n) is 11.5. The summed E-state index contributed by atoms with van der Waals surface area (Å²) in [7, 11) is 3.95. The summed E-state index contributed by atoms with van der Waals surface area (Å²) in [6, 6.07) is 19.2. The first-order chi connectivity index (χ1) is 21.0. The number of aromatic nitrogens is 1. The van der Waals surface area contributed by atoms with Crippen LogP contribution in [0.3, 0.4) is 0 Å². The van der Waals surface area contributed by atoms with Crippen LogP contribution in [0.4, 0.5) is 29.3 Å². The second kappa shape index (κ2) is 13.0. The second-order valence-corrected chi connectivity index (χ2v) is 11.5. The molecule has 1 aliphatic heterocycles. The third-order valence-corrected chi connectivity index (χ3v) is 7.99. The molecule has 5 rings (SSSR count). The number of fused-ring (bicyclic) bond motifs is 1. The number of carbonyl (C=O) groups excluding carboxylic acids is 2. The highest BCUT2D eigenvalue weighted by atomic mass is 19.4. The normalized spacial score (nSPS) is 15.3. The number of nitrogens with zero attached hydrogens (tertiary/aromatic N) is 3. The van der Waals surface area contributed by atoms with E-state index in [9.17, 15) is 22.8 Å². The summed E-state index contributed by atoms with van der Waals surface area (Å²) in [6.07, 6.45) is -2.51. The molecule has 1 fully saturated rings. The Morgan fingerprint density at radius 1 is 0.955 bits per heavy atom. The van der Waals surface area contributed by atoms with Crippen molar-refractivity contribution in [3.05, 3.63) is 95.7 Å². The summed E-state index contributed by atoms with van der Waals surface area (Å²) in [4.78, 5) is 36.3. The van der Waals surface area contributed by atoms with Crippen molar-refractivity contribution >= 4 is 34.2 Å². The van der Waals surface area contributed by atoms with Gasteiger partial charge in [0.15, 0.2) is 0 Å². The van der Waals surface area contributed by atoms with Gasteiger partial charge in [-0.15, -0.1) is 0 Å². The number of benzene rings is 3. The number of hydrogen-bond donors (Lipinski definition) is 3. The third-order valence-electron chi connectivity index (χ3n) is 7.99. The summed E-state index contributed by atoms with van der Waals surface area (Å²) in [5.74, 6) is -0.699. The summed E-state index contributed by atoms with van der Waals surface area (Å²) in [5, 5.41) is 6.98. The lowest BCUT2D eigenvalue weighted by molar-refractivity contribution is -0.137. The Labute approximate surface area is 254 Å². The molecular formula is C33H37F3N6O2. The van der Waals surface area contributed by atoms with Gasteiger partial charge in [-0.3, -0.25) is 4.79 Å². The number of hydrogen-bond acceptors (Lipinski definition) is 4. The maximum atomic E-state index is 13.8. The minimum absolute atomic E-state index is 0.332. The van der Waals surface area contributed by atoms with Crippen LogP contribution in [0.15, 0.2) is 79.0 Å². The number of amides is 3. The summed E-state index contributed by atoms with van der Waals surface area (Å²) in [6.45, 7) is 4.25. The zero-order valence-corrected chi connectivity index (χ0v) is 25.0. The number of rotatable bonds is 8. The van der Waals surface area contributed by atoms with Crippen molar-refractivity contribution in [1.82, 2.24) is 20.1 Å². The molecule has 11 heteroatoms. The first-order valence-electron chi connectivity index (χ1n) is 14.6. The van der Waals surface area contributed by atoms with Gasteiger partial charge in [-0.25, -0.2) is 4.79 Å². The van der Waals surface area contributed by atoms with Crippen molar-refractivity contribution in [3.8, 4) is 0 Å². The third kappa shape index (κ3) is 7.16. The molecule has 0 spiro atoms. The van der Waals surface area contributed by atoms with E-state index in [0.717, 1.165) is 34.2 Å². The smallest absolute Gasteiger partial charge is 0.368 e. The number of aromatic amines is 1.